The van der Waals surface area contributed by atoms with Crippen molar-refractivity contribution >= 4 is 5.96 Å². The van der Waals surface area contributed by atoms with E-state index in [1.165, 1.54) is 0 Å². The molecule has 5 heteroatoms. The third-order valence-corrected chi connectivity index (χ3v) is 4.07. The van der Waals surface area contributed by atoms with E-state index in [1.807, 2.05) is 36.4 Å². The van der Waals surface area contributed by atoms with E-state index in [0.29, 0.717) is 5.96 Å². The predicted molar refractivity (Wildman–Crippen MR) is 90.8 cm³/mol. The van der Waals surface area contributed by atoms with Crippen molar-refractivity contribution in [1.82, 2.24) is 5.32 Å². The van der Waals surface area contributed by atoms with E-state index in [4.69, 9.17) is 15.2 Å². The molecule has 0 bridgehead atoms. The topological polar surface area (TPSA) is 68.9 Å². The Labute approximate surface area is 136 Å². The van der Waals surface area contributed by atoms with Crippen molar-refractivity contribution in [3.8, 4) is 11.5 Å². The summed E-state index contributed by atoms with van der Waals surface area (Å²) in [6, 6.07) is 16.0. The summed E-state index contributed by atoms with van der Waals surface area (Å²) in [7, 11) is 3.32. The molecule has 1 aliphatic heterocycles. The Morgan fingerprint density at radius 1 is 1.09 bits per heavy atom. The molecule has 0 saturated carbocycles. The van der Waals surface area contributed by atoms with Crippen molar-refractivity contribution in [2.45, 2.75) is 18.5 Å². The molecule has 3 N–H and O–H groups in total. The van der Waals surface area contributed by atoms with E-state index in [-0.39, 0.29) is 12.1 Å². The number of benzene rings is 2. The van der Waals surface area contributed by atoms with Crippen LogP contribution in [0, 0.1) is 0 Å². The summed E-state index contributed by atoms with van der Waals surface area (Å²) >= 11 is 0. The highest BCUT2D eigenvalue weighted by atomic mass is 16.5. The van der Waals surface area contributed by atoms with Crippen LogP contribution in [0.3, 0.4) is 0 Å². The van der Waals surface area contributed by atoms with Gasteiger partial charge in [-0.1, -0.05) is 30.3 Å². The second-order valence-electron chi connectivity index (χ2n) is 5.48. The fraction of sp³-hybridized carbons (Fsp3) is 0.278. The number of guanidine groups is 1. The maximum absolute atomic E-state index is 6.02. The van der Waals surface area contributed by atoms with Gasteiger partial charge in [0, 0.05) is 5.56 Å². The maximum atomic E-state index is 6.02. The average molecular weight is 311 g/mol. The highest BCUT2D eigenvalue weighted by molar-refractivity contribution is 5.79. The maximum Gasteiger partial charge on any atom is 0.189 e. The zero-order chi connectivity index (χ0) is 16.2. The van der Waals surface area contributed by atoms with Gasteiger partial charge in [-0.2, -0.15) is 0 Å². The van der Waals surface area contributed by atoms with Gasteiger partial charge >= 0.3 is 0 Å². The molecule has 0 amide bonds. The van der Waals surface area contributed by atoms with Gasteiger partial charge in [-0.3, -0.25) is 0 Å². The fourth-order valence-electron chi connectivity index (χ4n) is 2.92. The van der Waals surface area contributed by atoms with Gasteiger partial charge in [0.2, 0.25) is 0 Å². The predicted octanol–water partition coefficient (Wildman–Crippen LogP) is 2.79. The molecule has 2 aromatic rings. The molecule has 23 heavy (non-hydrogen) atoms. The molecule has 3 rings (SSSR count). The van der Waals surface area contributed by atoms with Gasteiger partial charge in [-0.15, -0.1) is 0 Å². The van der Waals surface area contributed by atoms with Gasteiger partial charge in [-0.25, -0.2) is 4.99 Å². The van der Waals surface area contributed by atoms with Crippen LogP contribution in [0.25, 0.3) is 0 Å². The minimum Gasteiger partial charge on any atom is -0.497 e. The lowest BCUT2D eigenvalue weighted by molar-refractivity contribution is 0.386. The first kappa shape index (κ1) is 15.2. The lowest BCUT2D eigenvalue weighted by Gasteiger charge is -2.29. The summed E-state index contributed by atoms with van der Waals surface area (Å²) in [5.74, 6) is 2.05. The number of nitrogens with one attached hydrogen (secondary N) is 1. The van der Waals surface area contributed by atoms with Crippen LogP contribution in [-0.2, 0) is 0 Å². The number of hydrogen-bond acceptors (Lipinski definition) is 5. The van der Waals surface area contributed by atoms with E-state index in [9.17, 15) is 0 Å². The summed E-state index contributed by atoms with van der Waals surface area (Å²) < 4.78 is 10.8. The lowest BCUT2D eigenvalue weighted by atomic mass is 9.93. The minimum atomic E-state index is 0.0164. The molecule has 0 aromatic heterocycles. The number of nitrogens with zero attached hydrogens (tertiary/aromatic N) is 1. The zero-order valence-electron chi connectivity index (χ0n) is 13.3. The molecule has 120 valence electrons. The molecule has 1 heterocycles. The quantitative estimate of drug-likeness (QED) is 0.911. The van der Waals surface area contributed by atoms with Crippen molar-refractivity contribution in [2.24, 2.45) is 10.7 Å². The van der Waals surface area contributed by atoms with Crippen molar-refractivity contribution in [2.75, 3.05) is 14.2 Å². The largest absolute Gasteiger partial charge is 0.497 e. The summed E-state index contributed by atoms with van der Waals surface area (Å²) in [5, 5.41) is 3.25. The van der Waals surface area contributed by atoms with Gasteiger partial charge in [-0.05, 0) is 30.2 Å². The van der Waals surface area contributed by atoms with Crippen molar-refractivity contribution in [3.05, 3.63) is 59.7 Å². The zero-order valence-corrected chi connectivity index (χ0v) is 13.3. The summed E-state index contributed by atoms with van der Waals surface area (Å²) in [4.78, 5) is 4.54. The molecule has 0 fully saturated rings. The van der Waals surface area contributed by atoms with Crippen LogP contribution in [0.4, 0.5) is 0 Å². The van der Waals surface area contributed by atoms with Crippen LogP contribution in [0.2, 0.25) is 0 Å². The Bertz CT molecular complexity index is 701. The lowest BCUT2D eigenvalue weighted by Crippen LogP contribution is -2.39. The minimum absolute atomic E-state index is 0.0164. The smallest absolute Gasteiger partial charge is 0.189 e. The monoisotopic (exact) mass is 311 g/mol. The molecule has 0 aliphatic carbocycles. The molecule has 0 spiro atoms. The molecule has 0 saturated heterocycles. The Balaban J connectivity index is 1.94. The number of aliphatic imine (C=N–C) groups is 1. The second kappa shape index (κ2) is 6.60. The van der Waals surface area contributed by atoms with Crippen molar-refractivity contribution < 1.29 is 9.47 Å². The highest BCUT2D eigenvalue weighted by Crippen LogP contribution is 2.37. The summed E-state index contributed by atoms with van der Waals surface area (Å²) in [6.45, 7) is 0. The van der Waals surface area contributed by atoms with Crippen LogP contribution >= 0.6 is 0 Å². The first-order valence-electron chi connectivity index (χ1n) is 7.58. The van der Waals surface area contributed by atoms with E-state index >= 15 is 0 Å². The van der Waals surface area contributed by atoms with Crippen LogP contribution in [-0.4, -0.2) is 20.2 Å². The van der Waals surface area contributed by atoms with Gasteiger partial charge in [0.1, 0.15) is 11.5 Å². The van der Waals surface area contributed by atoms with Crippen LogP contribution in [0.15, 0.2) is 53.5 Å². The number of nitrogens with two attached hydrogens (primary N) is 1. The summed E-state index contributed by atoms with van der Waals surface area (Å²) in [5.41, 5.74) is 8.19. The van der Waals surface area contributed by atoms with Gasteiger partial charge in [0.05, 0.1) is 26.3 Å². The first-order valence-corrected chi connectivity index (χ1v) is 7.58. The molecular weight excluding hydrogens is 290 g/mol. The van der Waals surface area contributed by atoms with Gasteiger partial charge in [0.25, 0.3) is 0 Å². The third-order valence-electron chi connectivity index (χ3n) is 4.07. The molecule has 1 aliphatic rings. The number of rotatable bonds is 4. The molecular formula is C18H21N3O2. The molecule has 2 atom stereocenters. The van der Waals surface area contributed by atoms with E-state index < -0.39 is 0 Å². The SMILES string of the molecule is COc1ccc(OC)c(C2CC(c3ccccc3)N=C(N)N2)c1. The van der Waals surface area contributed by atoms with Crippen molar-refractivity contribution in [3.63, 3.8) is 0 Å². The molecule has 2 aromatic carbocycles. The number of ether oxygens (including phenoxy) is 2. The van der Waals surface area contributed by atoms with Gasteiger partial charge < -0.3 is 20.5 Å². The van der Waals surface area contributed by atoms with E-state index in [0.717, 1.165) is 29.0 Å². The van der Waals surface area contributed by atoms with Crippen LogP contribution in [0.1, 0.15) is 29.6 Å². The third kappa shape index (κ3) is 3.23. The average Bonchev–Trinajstić information content (AvgIpc) is 2.61. The van der Waals surface area contributed by atoms with Crippen LogP contribution in [0.5, 0.6) is 11.5 Å². The Morgan fingerprint density at radius 3 is 2.57 bits per heavy atom. The van der Waals surface area contributed by atoms with Crippen LogP contribution < -0.4 is 20.5 Å². The van der Waals surface area contributed by atoms with Crippen molar-refractivity contribution in [1.29, 1.82) is 0 Å². The normalized spacial score (nSPS) is 20.3. The van der Waals surface area contributed by atoms with E-state index in [2.05, 4.69) is 22.4 Å². The van der Waals surface area contributed by atoms with Gasteiger partial charge in [0.15, 0.2) is 5.96 Å². The Kier molecular flexibility index (Phi) is 4.37. The first-order chi connectivity index (χ1) is 11.2. The number of hydrogen-bond donors (Lipinski definition) is 2. The highest BCUT2D eigenvalue weighted by Gasteiger charge is 2.26. The summed E-state index contributed by atoms with van der Waals surface area (Å²) in [6.07, 6.45) is 0.800. The Morgan fingerprint density at radius 2 is 1.87 bits per heavy atom. The number of methoxy groups -OCH3 is 2. The molecule has 5 nitrogen and oxygen atoms in total. The van der Waals surface area contributed by atoms with E-state index in [1.54, 1.807) is 14.2 Å². The molecule has 0 radical (unpaired) electrons. The fourth-order valence-corrected chi connectivity index (χ4v) is 2.92. The Hall–Kier alpha value is -2.69. The molecule has 2 unspecified atom stereocenters. The second-order valence-corrected chi connectivity index (χ2v) is 5.48. The standard InChI is InChI=1S/C18H21N3O2/c1-22-13-8-9-17(23-2)14(10-13)16-11-15(20-18(19)21-16)12-6-4-3-5-7-12/h3-10,15-16H,11H2,1-2H3,(H3,19,20,21).